The lowest BCUT2D eigenvalue weighted by atomic mass is 10.0. The van der Waals surface area contributed by atoms with Gasteiger partial charge in [-0.25, -0.2) is 9.97 Å². The molecule has 0 bridgehead atoms. The Morgan fingerprint density at radius 3 is 1.58 bits per heavy atom. The average Bonchev–Trinajstić information content (AvgIpc) is 2.85. The zero-order chi connectivity index (χ0) is 21.0. The smallest absolute Gasteiger partial charge is 0.160 e. The first-order valence-electron chi connectivity index (χ1n) is 10.4. The molecule has 0 N–H and O–H groups in total. The first-order chi connectivity index (χ1) is 15.3. The fourth-order valence-electron chi connectivity index (χ4n) is 3.75. The van der Waals surface area contributed by atoms with E-state index in [1.807, 2.05) is 24.3 Å². The predicted molar refractivity (Wildman–Crippen MR) is 129 cm³/mol. The van der Waals surface area contributed by atoms with Crippen LogP contribution < -0.4 is 0 Å². The summed E-state index contributed by atoms with van der Waals surface area (Å²) in [5.74, 6) is 0.736. The lowest BCUT2D eigenvalue weighted by Crippen LogP contribution is -1.96. The van der Waals surface area contributed by atoms with Crippen LogP contribution in [0.2, 0.25) is 0 Å². The van der Waals surface area contributed by atoms with E-state index in [0.717, 1.165) is 33.9 Å². The summed E-state index contributed by atoms with van der Waals surface area (Å²) >= 11 is 0. The van der Waals surface area contributed by atoms with Gasteiger partial charge >= 0.3 is 0 Å². The summed E-state index contributed by atoms with van der Waals surface area (Å²) in [6, 6.07) is 39.7. The third-order valence-electron chi connectivity index (χ3n) is 5.34. The maximum Gasteiger partial charge on any atom is 0.160 e. The summed E-state index contributed by atoms with van der Waals surface area (Å²) in [5.41, 5.74) is 8.62. The molecule has 0 amide bonds. The molecule has 0 spiro atoms. The second-order valence-corrected chi connectivity index (χ2v) is 7.64. The molecule has 5 rings (SSSR count). The molecule has 0 aliphatic heterocycles. The van der Waals surface area contributed by atoms with Gasteiger partial charge in [0.1, 0.15) is 0 Å². The van der Waals surface area contributed by atoms with E-state index < -0.39 is 0 Å². The number of hydrogen-bond acceptors (Lipinski definition) is 2. The third-order valence-corrected chi connectivity index (χ3v) is 5.34. The number of hydrogen-bond donors (Lipinski definition) is 0. The van der Waals surface area contributed by atoms with E-state index in [4.69, 9.17) is 9.97 Å². The van der Waals surface area contributed by atoms with Crippen molar-refractivity contribution in [3.8, 4) is 45.0 Å². The highest BCUT2D eigenvalue weighted by atomic mass is 14.9. The van der Waals surface area contributed by atoms with E-state index in [9.17, 15) is 0 Å². The molecule has 1 aromatic heterocycles. The standard InChI is InChI=1S/C29H22N2/c1-21-10-8-16-25(18-21)27-20-28(31-29(30-27)23-13-6-3-7-14-23)26-17-9-15-24(19-26)22-11-4-2-5-12-22/h2-20H,1H3. The molecular formula is C29H22N2. The van der Waals surface area contributed by atoms with Gasteiger partial charge in [0.25, 0.3) is 0 Å². The minimum atomic E-state index is 0.736. The fourth-order valence-corrected chi connectivity index (χ4v) is 3.75. The van der Waals surface area contributed by atoms with Gasteiger partial charge in [0.2, 0.25) is 0 Å². The van der Waals surface area contributed by atoms with Crippen molar-refractivity contribution in [2.24, 2.45) is 0 Å². The van der Waals surface area contributed by atoms with Crippen molar-refractivity contribution in [3.05, 3.63) is 121 Å². The Morgan fingerprint density at radius 1 is 0.419 bits per heavy atom. The van der Waals surface area contributed by atoms with Crippen molar-refractivity contribution in [3.63, 3.8) is 0 Å². The largest absolute Gasteiger partial charge is 0.228 e. The molecule has 4 aromatic carbocycles. The molecule has 0 radical (unpaired) electrons. The van der Waals surface area contributed by atoms with E-state index in [1.54, 1.807) is 0 Å². The number of benzene rings is 4. The van der Waals surface area contributed by atoms with Crippen LogP contribution in [-0.2, 0) is 0 Å². The molecule has 0 saturated carbocycles. The van der Waals surface area contributed by atoms with Crippen molar-refractivity contribution in [1.82, 2.24) is 9.97 Å². The summed E-state index contributed by atoms with van der Waals surface area (Å²) in [6.07, 6.45) is 0. The summed E-state index contributed by atoms with van der Waals surface area (Å²) in [7, 11) is 0. The van der Waals surface area contributed by atoms with Crippen molar-refractivity contribution < 1.29 is 0 Å². The summed E-state index contributed by atoms with van der Waals surface area (Å²) in [6.45, 7) is 2.10. The summed E-state index contributed by atoms with van der Waals surface area (Å²) < 4.78 is 0. The number of aryl methyl sites for hydroxylation is 1. The molecule has 0 saturated heterocycles. The van der Waals surface area contributed by atoms with Crippen LogP contribution in [0.1, 0.15) is 5.56 Å². The van der Waals surface area contributed by atoms with Gasteiger partial charge in [-0.05, 0) is 36.2 Å². The Labute approximate surface area is 182 Å². The lowest BCUT2D eigenvalue weighted by Gasteiger charge is -2.11. The lowest BCUT2D eigenvalue weighted by molar-refractivity contribution is 1.18. The predicted octanol–water partition coefficient (Wildman–Crippen LogP) is 7.45. The van der Waals surface area contributed by atoms with Gasteiger partial charge in [0, 0.05) is 16.7 Å². The Hall–Kier alpha value is -4.04. The van der Waals surface area contributed by atoms with Crippen LogP contribution in [0, 0.1) is 6.92 Å². The number of aromatic nitrogens is 2. The quantitative estimate of drug-likeness (QED) is 0.314. The molecular weight excluding hydrogens is 376 g/mol. The summed E-state index contributed by atoms with van der Waals surface area (Å²) in [4.78, 5) is 9.86. The normalized spacial score (nSPS) is 10.7. The van der Waals surface area contributed by atoms with Gasteiger partial charge in [-0.1, -0.05) is 103 Å². The van der Waals surface area contributed by atoms with E-state index >= 15 is 0 Å². The minimum absolute atomic E-state index is 0.736. The Morgan fingerprint density at radius 2 is 0.935 bits per heavy atom. The van der Waals surface area contributed by atoms with Gasteiger partial charge in [0.15, 0.2) is 5.82 Å². The van der Waals surface area contributed by atoms with Gasteiger partial charge in [-0.15, -0.1) is 0 Å². The molecule has 0 aliphatic rings. The maximum atomic E-state index is 4.95. The number of nitrogens with zero attached hydrogens (tertiary/aromatic N) is 2. The molecule has 148 valence electrons. The van der Waals surface area contributed by atoms with Crippen LogP contribution in [0.25, 0.3) is 45.0 Å². The van der Waals surface area contributed by atoms with Gasteiger partial charge in [-0.2, -0.15) is 0 Å². The van der Waals surface area contributed by atoms with Gasteiger partial charge in [0.05, 0.1) is 11.4 Å². The minimum Gasteiger partial charge on any atom is -0.228 e. The molecule has 0 unspecified atom stereocenters. The zero-order valence-corrected chi connectivity index (χ0v) is 17.4. The first-order valence-corrected chi connectivity index (χ1v) is 10.4. The molecule has 0 fully saturated rings. The molecule has 31 heavy (non-hydrogen) atoms. The van der Waals surface area contributed by atoms with Crippen molar-refractivity contribution in [1.29, 1.82) is 0 Å². The van der Waals surface area contributed by atoms with E-state index in [1.165, 1.54) is 16.7 Å². The first kappa shape index (κ1) is 19.0. The SMILES string of the molecule is Cc1cccc(-c2cc(-c3cccc(-c4ccccc4)c3)nc(-c3ccccc3)n2)c1. The Balaban J connectivity index is 1.67. The Bertz CT molecular complexity index is 1330. The molecule has 2 heteroatoms. The van der Waals surface area contributed by atoms with E-state index in [0.29, 0.717) is 0 Å². The highest BCUT2D eigenvalue weighted by molar-refractivity contribution is 5.75. The van der Waals surface area contributed by atoms with Crippen LogP contribution >= 0.6 is 0 Å². The van der Waals surface area contributed by atoms with E-state index in [-0.39, 0.29) is 0 Å². The van der Waals surface area contributed by atoms with Crippen LogP contribution in [0.5, 0.6) is 0 Å². The van der Waals surface area contributed by atoms with Crippen LogP contribution in [0.15, 0.2) is 115 Å². The van der Waals surface area contributed by atoms with Crippen molar-refractivity contribution in [2.45, 2.75) is 6.92 Å². The van der Waals surface area contributed by atoms with Crippen LogP contribution in [0.3, 0.4) is 0 Å². The van der Waals surface area contributed by atoms with Crippen molar-refractivity contribution >= 4 is 0 Å². The second-order valence-electron chi connectivity index (χ2n) is 7.64. The zero-order valence-electron chi connectivity index (χ0n) is 17.4. The summed E-state index contributed by atoms with van der Waals surface area (Å²) in [5, 5.41) is 0. The topological polar surface area (TPSA) is 25.8 Å². The maximum absolute atomic E-state index is 4.95. The van der Waals surface area contributed by atoms with Crippen LogP contribution in [-0.4, -0.2) is 9.97 Å². The Kier molecular flexibility index (Phi) is 5.12. The monoisotopic (exact) mass is 398 g/mol. The van der Waals surface area contributed by atoms with Crippen molar-refractivity contribution in [2.75, 3.05) is 0 Å². The number of rotatable bonds is 4. The molecule has 2 nitrogen and oxygen atoms in total. The highest BCUT2D eigenvalue weighted by Crippen LogP contribution is 2.30. The third kappa shape index (κ3) is 4.15. The van der Waals surface area contributed by atoms with Gasteiger partial charge < -0.3 is 0 Å². The van der Waals surface area contributed by atoms with E-state index in [2.05, 4.69) is 97.9 Å². The molecule has 0 atom stereocenters. The molecule has 1 heterocycles. The molecule has 5 aromatic rings. The molecule has 0 aliphatic carbocycles. The van der Waals surface area contributed by atoms with Gasteiger partial charge in [-0.3, -0.25) is 0 Å². The second kappa shape index (κ2) is 8.37. The highest BCUT2D eigenvalue weighted by Gasteiger charge is 2.11. The van der Waals surface area contributed by atoms with Crippen LogP contribution in [0.4, 0.5) is 0 Å². The average molecular weight is 399 g/mol. The fraction of sp³-hybridized carbons (Fsp3) is 0.0345.